The molecule has 0 atom stereocenters. The molecule has 1 heterocycles. The molecule has 0 amide bonds. The second kappa shape index (κ2) is 5.95. The molecule has 0 aliphatic heterocycles. The van der Waals surface area contributed by atoms with Crippen molar-refractivity contribution in [3.8, 4) is 11.3 Å². The van der Waals surface area contributed by atoms with Gasteiger partial charge in [0.15, 0.2) is 0 Å². The van der Waals surface area contributed by atoms with E-state index >= 15 is 0 Å². The molecule has 0 aliphatic rings. The number of benzene rings is 1. The Morgan fingerprint density at radius 1 is 1.18 bits per heavy atom. The number of hydrogen-bond donors (Lipinski definition) is 1. The van der Waals surface area contributed by atoms with Crippen molar-refractivity contribution >= 4 is 28.5 Å². The van der Waals surface area contributed by atoms with Crippen molar-refractivity contribution in [2.24, 2.45) is 0 Å². The van der Waals surface area contributed by atoms with E-state index in [9.17, 15) is 0 Å². The third-order valence-electron chi connectivity index (χ3n) is 2.30. The number of nitrogens with zero attached hydrogens (tertiary/aromatic N) is 2. The van der Waals surface area contributed by atoms with E-state index in [2.05, 4.69) is 56.9 Å². The van der Waals surface area contributed by atoms with Gasteiger partial charge in [-0.2, -0.15) is 0 Å². The van der Waals surface area contributed by atoms with Crippen LogP contribution >= 0.6 is 22.6 Å². The third kappa shape index (κ3) is 3.39. The van der Waals surface area contributed by atoms with Crippen LogP contribution < -0.4 is 5.32 Å². The van der Waals surface area contributed by atoms with Crippen LogP contribution in [0.15, 0.2) is 36.4 Å². The lowest BCUT2D eigenvalue weighted by molar-refractivity contribution is 0.950. The Hall–Kier alpha value is -1.17. The highest BCUT2D eigenvalue weighted by Crippen LogP contribution is 2.19. The zero-order valence-corrected chi connectivity index (χ0v) is 11.8. The van der Waals surface area contributed by atoms with E-state index in [0.717, 1.165) is 27.9 Å². The molecule has 0 saturated carbocycles. The monoisotopic (exact) mass is 339 g/mol. The van der Waals surface area contributed by atoms with Gasteiger partial charge in [-0.15, -0.1) is 0 Å². The van der Waals surface area contributed by atoms with Crippen LogP contribution in [0.3, 0.4) is 0 Å². The minimum absolute atomic E-state index is 0.706. The predicted octanol–water partition coefficient (Wildman–Crippen LogP) is 3.57. The van der Waals surface area contributed by atoms with Crippen LogP contribution in [0.2, 0.25) is 0 Å². The molecular weight excluding hydrogens is 325 g/mol. The first-order chi connectivity index (χ1) is 8.29. The molecule has 1 N–H and O–H groups in total. The van der Waals surface area contributed by atoms with Gasteiger partial charge in [-0.3, -0.25) is 0 Å². The average Bonchev–Trinajstić information content (AvgIpc) is 2.37. The van der Waals surface area contributed by atoms with Gasteiger partial charge < -0.3 is 5.32 Å². The molecule has 2 aromatic rings. The molecule has 1 aromatic heterocycles. The fourth-order valence-corrected chi connectivity index (χ4v) is 2.01. The summed E-state index contributed by atoms with van der Waals surface area (Å²) in [6.45, 7) is 3.02. The molecule has 0 unspecified atom stereocenters. The molecule has 17 heavy (non-hydrogen) atoms. The van der Waals surface area contributed by atoms with Gasteiger partial charge in [0.2, 0.25) is 5.95 Å². The molecule has 0 aliphatic carbocycles. The molecule has 88 valence electrons. The van der Waals surface area contributed by atoms with Crippen LogP contribution in [0.25, 0.3) is 11.3 Å². The maximum absolute atomic E-state index is 4.51. The number of rotatable bonds is 4. The Morgan fingerprint density at radius 3 is 2.65 bits per heavy atom. The first-order valence-corrected chi connectivity index (χ1v) is 6.71. The second-order valence-corrected chi connectivity index (χ2v) is 4.80. The summed E-state index contributed by atoms with van der Waals surface area (Å²) in [7, 11) is 0. The van der Waals surface area contributed by atoms with E-state index < -0.39 is 0 Å². The first kappa shape index (κ1) is 12.3. The Morgan fingerprint density at radius 2 is 1.94 bits per heavy atom. The summed E-state index contributed by atoms with van der Waals surface area (Å²) in [6.07, 6.45) is 1.06. The van der Waals surface area contributed by atoms with Crippen molar-refractivity contribution in [2.45, 2.75) is 13.3 Å². The number of anilines is 1. The molecule has 0 saturated heterocycles. The van der Waals surface area contributed by atoms with Gasteiger partial charge in [0, 0.05) is 12.1 Å². The smallest absolute Gasteiger partial charge is 0.224 e. The van der Waals surface area contributed by atoms with Gasteiger partial charge in [0.25, 0.3) is 0 Å². The van der Waals surface area contributed by atoms with Crippen LogP contribution in [-0.2, 0) is 0 Å². The summed E-state index contributed by atoms with van der Waals surface area (Å²) in [5, 5.41) is 3.22. The molecule has 0 fully saturated rings. The first-order valence-electron chi connectivity index (χ1n) is 5.63. The summed E-state index contributed by atoms with van der Waals surface area (Å²) in [6, 6.07) is 12.1. The Balaban J connectivity index is 2.32. The van der Waals surface area contributed by atoms with Gasteiger partial charge in [0.05, 0.1) is 5.69 Å². The molecule has 0 radical (unpaired) electrons. The lowest BCUT2D eigenvalue weighted by atomic mass is 10.1. The van der Waals surface area contributed by atoms with Gasteiger partial charge in [-0.25, -0.2) is 9.97 Å². The van der Waals surface area contributed by atoms with Crippen molar-refractivity contribution < 1.29 is 0 Å². The van der Waals surface area contributed by atoms with Crippen LogP contribution in [0.1, 0.15) is 13.3 Å². The Bertz CT molecular complexity index is 485. The summed E-state index contributed by atoms with van der Waals surface area (Å²) in [5.41, 5.74) is 2.08. The minimum Gasteiger partial charge on any atom is -0.354 e. The van der Waals surface area contributed by atoms with Gasteiger partial charge >= 0.3 is 0 Å². The summed E-state index contributed by atoms with van der Waals surface area (Å²) in [5.74, 6) is 0.706. The zero-order valence-electron chi connectivity index (χ0n) is 9.65. The second-order valence-electron chi connectivity index (χ2n) is 3.69. The minimum atomic E-state index is 0.706. The number of aromatic nitrogens is 2. The predicted molar refractivity (Wildman–Crippen MR) is 79.0 cm³/mol. The topological polar surface area (TPSA) is 37.8 Å². The summed E-state index contributed by atoms with van der Waals surface area (Å²) >= 11 is 2.22. The molecule has 4 heteroatoms. The largest absolute Gasteiger partial charge is 0.354 e. The quantitative estimate of drug-likeness (QED) is 0.684. The van der Waals surface area contributed by atoms with Crippen LogP contribution in [0.4, 0.5) is 5.95 Å². The summed E-state index contributed by atoms with van der Waals surface area (Å²) < 4.78 is 0.954. The van der Waals surface area contributed by atoms with Crippen molar-refractivity contribution in [2.75, 3.05) is 11.9 Å². The molecular formula is C13H14IN3. The number of nitrogens with one attached hydrogen (secondary N) is 1. The van der Waals surface area contributed by atoms with Crippen molar-refractivity contribution in [3.63, 3.8) is 0 Å². The molecule has 0 bridgehead atoms. The number of hydrogen-bond acceptors (Lipinski definition) is 3. The maximum atomic E-state index is 4.51. The lowest BCUT2D eigenvalue weighted by Gasteiger charge is -2.06. The van der Waals surface area contributed by atoms with Gasteiger partial charge in [-0.05, 0) is 35.1 Å². The highest BCUT2D eigenvalue weighted by molar-refractivity contribution is 14.1. The number of halogens is 1. The highest BCUT2D eigenvalue weighted by Gasteiger charge is 2.04. The maximum Gasteiger partial charge on any atom is 0.224 e. The van der Waals surface area contributed by atoms with E-state index in [1.165, 1.54) is 0 Å². The van der Waals surface area contributed by atoms with Crippen molar-refractivity contribution in [3.05, 3.63) is 40.1 Å². The van der Waals surface area contributed by atoms with Gasteiger partial charge in [0.1, 0.15) is 3.70 Å². The SMILES string of the molecule is CCCNc1nc(I)cc(-c2ccccc2)n1. The van der Waals surface area contributed by atoms with E-state index in [-0.39, 0.29) is 0 Å². The third-order valence-corrected chi connectivity index (χ3v) is 2.85. The van der Waals surface area contributed by atoms with Crippen molar-refractivity contribution in [1.29, 1.82) is 0 Å². The van der Waals surface area contributed by atoms with Crippen LogP contribution in [0, 0.1) is 3.70 Å². The molecule has 1 aromatic carbocycles. The highest BCUT2D eigenvalue weighted by atomic mass is 127. The normalized spacial score (nSPS) is 10.2. The van der Waals surface area contributed by atoms with Crippen LogP contribution in [-0.4, -0.2) is 16.5 Å². The molecule has 2 rings (SSSR count). The average molecular weight is 339 g/mol. The standard InChI is InChI=1S/C13H14IN3/c1-2-8-15-13-16-11(9-12(14)17-13)10-6-4-3-5-7-10/h3-7,9H,2,8H2,1H3,(H,15,16,17). The Labute approximate surface area is 115 Å². The van der Waals surface area contributed by atoms with E-state index in [0.29, 0.717) is 5.95 Å². The Kier molecular flexibility index (Phi) is 4.30. The fourth-order valence-electron chi connectivity index (χ4n) is 1.49. The van der Waals surface area contributed by atoms with E-state index in [1.54, 1.807) is 0 Å². The lowest BCUT2D eigenvalue weighted by Crippen LogP contribution is -2.05. The van der Waals surface area contributed by atoms with E-state index in [1.807, 2.05) is 24.3 Å². The molecule has 3 nitrogen and oxygen atoms in total. The zero-order chi connectivity index (χ0) is 12.1. The summed E-state index contributed by atoms with van der Waals surface area (Å²) in [4.78, 5) is 8.88. The molecule has 0 spiro atoms. The van der Waals surface area contributed by atoms with E-state index in [4.69, 9.17) is 0 Å². The van der Waals surface area contributed by atoms with Crippen LogP contribution in [0.5, 0.6) is 0 Å². The van der Waals surface area contributed by atoms with Crippen molar-refractivity contribution in [1.82, 2.24) is 9.97 Å². The fraction of sp³-hybridized carbons (Fsp3) is 0.231. The van der Waals surface area contributed by atoms with Gasteiger partial charge in [-0.1, -0.05) is 37.3 Å².